The van der Waals surface area contributed by atoms with E-state index in [1.165, 1.54) is 0 Å². The number of carbonyl (C=O) groups is 1. The molecule has 1 aliphatic rings. The maximum Gasteiger partial charge on any atom is 0.289 e. The highest BCUT2D eigenvalue weighted by atomic mass is 35.5. The number of rotatable bonds is 2. The molecule has 0 spiro atoms. The third-order valence-corrected chi connectivity index (χ3v) is 4.14. The van der Waals surface area contributed by atoms with Gasteiger partial charge in [-0.15, -0.1) is 0 Å². The Labute approximate surface area is 128 Å². The van der Waals surface area contributed by atoms with Crippen LogP contribution in [0.4, 0.5) is 5.69 Å². The number of carbonyl (C=O) groups excluding carboxylic acids is 1. The second-order valence-corrected chi connectivity index (χ2v) is 5.57. The second-order valence-electron chi connectivity index (χ2n) is 5.16. The molecule has 0 N–H and O–H groups in total. The van der Waals surface area contributed by atoms with Crippen molar-refractivity contribution in [3.8, 4) is 0 Å². The van der Waals surface area contributed by atoms with Gasteiger partial charge in [0.25, 0.3) is 5.91 Å². The Morgan fingerprint density at radius 2 is 1.86 bits per heavy atom. The number of anilines is 1. The van der Waals surface area contributed by atoms with E-state index in [4.69, 9.17) is 16.0 Å². The fourth-order valence-electron chi connectivity index (χ4n) is 2.59. The normalized spacial score (nSPS) is 15.3. The zero-order valence-corrected chi connectivity index (χ0v) is 12.6. The van der Waals surface area contributed by atoms with Gasteiger partial charge in [0.2, 0.25) is 0 Å². The van der Waals surface area contributed by atoms with E-state index < -0.39 is 0 Å². The van der Waals surface area contributed by atoms with Crippen molar-refractivity contribution in [2.45, 2.75) is 6.92 Å². The van der Waals surface area contributed by atoms with Gasteiger partial charge in [-0.2, -0.15) is 0 Å². The monoisotopic (exact) mass is 304 g/mol. The molecule has 1 aliphatic heterocycles. The number of piperazine rings is 1. The number of aryl methyl sites for hydroxylation is 1. The van der Waals surface area contributed by atoms with E-state index >= 15 is 0 Å². The zero-order chi connectivity index (χ0) is 14.8. The predicted molar refractivity (Wildman–Crippen MR) is 83.0 cm³/mol. The topological polar surface area (TPSA) is 36.7 Å². The first-order chi connectivity index (χ1) is 10.2. The average molecular weight is 305 g/mol. The third kappa shape index (κ3) is 2.76. The molecule has 3 rings (SSSR count). The molecule has 0 saturated carbocycles. The molecule has 4 nitrogen and oxygen atoms in total. The maximum absolute atomic E-state index is 12.4. The van der Waals surface area contributed by atoms with E-state index in [2.05, 4.69) is 4.90 Å². The molecule has 1 aromatic heterocycles. The van der Waals surface area contributed by atoms with Gasteiger partial charge < -0.3 is 14.2 Å². The first-order valence-electron chi connectivity index (χ1n) is 6.99. The fourth-order valence-corrected chi connectivity index (χ4v) is 2.85. The van der Waals surface area contributed by atoms with Crippen LogP contribution in [0, 0.1) is 6.92 Å². The fraction of sp³-hybridized carbons (Fsp3) is 0.312. The van der Waals surface area contributed by atoms with Crippen molar-refractivity contribution in [1.82, 2.24) is 4.90 Å². The summed E-state index contributed by atoms with van der Waals surface area (Å²) in [6.45, 7) is 4.77. The van der Waals surface area contributed by atoms with E-state index in [0.29, 0.717) is 18.8 Å². The van der Waals surface area contributed by atoms with Gasteiger partial charge in [-0.25, -0.2) is 0 Å². The Morgan fingerprint density at radius 1 is 1.14 bits per heavy atom. The summed E-state index contributed by atoms with van der Waals surface area (Å²) in [5.74, 6) is 0.414. The average Bonchev–Trinajstić information content (AvgIpc) is 2.93. The third-order valence-electron chi connectivity index (χ3n) is 3.82. The molecule has 1 amide bonds. The molecule has 0 unspecified atom stereocenters. The lowest BCUT2D eigenvalue weighted by Gasteiger charge is -2.36. The van der Waals surface area contributed by atoms with Gasteiger partial charge in [-0.05, 0) is 25.1 Å². The van der Waals surface area contributed by atoms with E-state index in [1.54, 1.807) is 6.26 Å². The van der Waals surface area contributed by atoms with Crippen molar-refractivity contribution in [1.29, 1.82) is 0 Å². The summed E-state index contributed by atoms with van der Waals surface area (Å²) in [6.07, 6.45) is 1.56. The number of furan rings is 1. The van der Waals surface area contributed by atoms with Gasteiger partial charge in [0.1, 0.15) is 0 Å². The van der Waals surface area contributed by atoms with Gasteiger partial charge in [0, 0.05) is 31.7 Å². The Balaban J connectivity index is 1.67. The molecule has 110 valence electrons. The van der Waals surface area contributed by atoms with Crippen molar-refractivity contribution in [2.24, 2.45) is 0 Å². The molecule has 1 fully saturated rings. The molecule has 5 heteroatoms. The van der Waals surface area contributed by atoms with E-state index in [0.717, 1.165) is 29.4 Å². The number of para-hydroxylation sites is 1. The van der Waals surface area contributed by atoms with Crippen molar-refractivity contribution in [2.75, 3.05) is 31.1 Å². The molecule has 1 aromatic carbocycles. The summed E-state index contributed by atoms with van der Waals surface area (Å²) in [4.78, 5) is 16.4. The molecular weight excluding hydrogens is 288 g/mol. The van der Waals surface area contributed by atoms with Crippen LogP contribution in [-0.2, 0) is 0 Å². The quantitative estimate of drug-likeness (QED) is 0.855. The Bertz CT molecular complexity index is 645. The molecule has 21 heavy (non-hydrogen) atoms. The summed E-state index contributed by atoms with van der Waals surface area (Å²) >= 11 is 6.22. The van der Waals surface area contributed by atoms with Crippen molar-refractivity contribution in [3.05, 3.63) is 52.9 Å². The van der Waals surface area contributed by atoms with Crippen LogP contribution in [0.5, 0.6) is 0 Å². The standard InChI is InChI=1S/C16H17ClN2O2/c1-12-6-11-21-15(12)16(20)19-9-7-18(8-10-19)14-5-3-2-4-13(14)17/h2-6,11H,7-10H2,1H3. The van der Waals surface area contributed by atoms with Crippen LogP contribution < -0.4 is 4.90 Å². The van der Waals surface area contributed by atoms with E-state index in [1.807, 2.05) is 42.2 Å². The summed E-state index contributed by atoms with van der Waals surface area (Å²) in [5, 5.41) is 0.749. The molecule has 0 aliphatic carbocycles. The van der Waals surface area contributed by atoms with Crippen LogP contribution in [0.3, 0.4) is 0 Å². The minimum atomic E-state index is -0.0312. The molecule has 0 atom stereocenters. The lowest BCUT2D eigenvalue weighted by molar-refractivity contribution is 0.0713. The first kappa shape index (κ1) is 14.0. The van der Waals surface area contributed by atoms with Crippen molar-refractivity contribution >= 4 is 23.2 Å². The van der Waals surface area contributed by atoms with Crippen LogP contribution in [0.15, 0.2) is 41.0 Å². The second kappa shape index (κ2) is 5.82. The van der Waals surface area contributed by atoms with Crippen LogP contribution in [0.2, 0.25) is 5.02 Å². The zero-order valence-electron chi connectivity index (χ0n) is 11.9. The highest BCUT2D eigenvalue weighted by molar-refractivity contribution is 6.33. The molecule has 0 radical (unpaired) electrons. The number of amides is 1. The Hall–Kier alpha value is -1.94. The SMILES string of the molecule is Cc1ccoc1C(=O)N1CCN(c2ccccc2Cl)CC1. The number of benzene rings is 1. The van der Waals surface area contributed by atoms with Crippen molar-refractivity contribution < 1.29 is 9.21 Å². The maximum atomic E-state index is 12.4. The highest BCUT2D eigenvalue weighted by Gasteiger charge is 2.25. The van der Waals surface area contributed by atoms with Crippen LogP contribution in [0.25, 0.3) is 0 Å². The number of halogens is 1. The highest BCUT2D eigenvalue weighted by Crippen LogP contribution is 2.26. The number of hydrogen-bond donors (Lipinski definition) is 0. The smallest absolute Gasteiger partial charge is 0.289 e. The number of hydrogen-bond acceptors (Lipinski definition) is 3. The summed E-state index contributed by atoms with van der Waals surface area (Å²) in [7, 11) is 0. The summed E-state index contributed by atoms with van der Waals surface area (Å²) < 4.78 is 5.28. The molecule has 0 bridgehead atoms. The van der Waals surface area contributed by atoms with Gasteiger partial charge in [-0.3, -0.25) is 4.79 Å². The first-order valence-corrected chi connectivity index (χ1v) is 7.37. The minimum absolute atomic E-state index is 0.0312. The predicted octanol–water partition coefficient (Wildman–Crippen LogP) is 3.20. The molecule has 2 aromatic rings. The summed E-state index contributed by atoms with van der Waals surface area (Å²) in [6, 6.07) is 9.61. The van der Waals surface area contributed by atoms with Crippen LogP contribution in [0.1, 0.15) is 16.1 Å². The van der Waals surface area contributed by atoms with Crippen molar-refractivity contribution in [3.63, 3.8) is 0 Å². The lowest BCUT2D eigenvalue weighted by atomic mass is 10.2. The largest absolute Gasteiger partial charge is 0.459 e. The molecular formula is C16H17ClN2O2. The molecule has 1 saturated heterocycles. The minimum Gasteiger partial charge on any atom is -0.459 e. The van der Waals surface area contributed by atoms with E-state index in [-0.39, 0.29) is 5.91 Å². The van der Waals surface area contributed by atoms with Gasteiger partial charge >= 0.3 is 0 Å². The molecule has 2 heterocycles. The van der Waals surface area contributed by atoms with Crippen LogP contribution in [-0.4, -0.2) is 37.0 Å². The number of nitrogens with zero attached hydrogens (tertiary/aromatic N) is 2. The van der Waals surface area contributed by atoms with Gasteiger partial charge in [-0.1, -0.05) is 23.7 Å². The lowest BCUT2D eigenvalue weighted by Crippen LogP contribution is -2.48. The summed E-state index contributed by atoms with van der Waals surface area (Å²) in [5.41, 5.74) is 1.91. The van der Waals surface area contributed by atoms with E-state index in [9.17, 15) is 4.79 Å². The van der Waals surface area contributed by atoms with Crippen LogP contribution >= 0.6 is 11.6 Å². The Kier molecular flexibility index (Phi) is 3.88. The van der Waals surface area contributed by atoms with Gasteiger partial charge in [0.05, 0.1) is 17.0 Å². The Morgan fingerprint density at radius 3 is 2.48 bits per heavy atom. The van der Waals surface area contributed by atoms with Gasteiger partial charge in [0.15, 0.2) is 5.76 Å².